The summed E-state index contributed by atoms with van der Waals surface area (Å²) in [6, 6.07) is -1.28. The van der Waals surface area contributed by atoms with Gasteiger partial charge in [0.2, 0.25) is 11.8 Å². The molecule has 0 spiro atoms. The highest BCUT2D eigenvalue weighted by atomic mass is 16.5. The van der Waals surface area contributed by atoms with Crippen LogP contribution in [0.1, 0.15) is 34.1 Å². The fraction of sp³-hybridized carbons (Fsp3) is 0.800. The summed E-state index contributed by atoms with van der Waals surface area (Å²) in [7, 11) is 0. The van der Waals surface area contributed by atoms with Crippen LogP contribution >= 0.6 is 0 Å². The SMILES string of the molecule is CCOC(=O)[C@H]1[C@@H]2C(=O)N([C@@H](CO)C(C)C)[C@H](C(=O)NCCN3CCOCC3)[C@H]2C=C[C@H]1CC. The van der Waals surface area contributed by atoms with Crippen LogP contribution in [0.4, 0.5) is 0 Å². The van der Waals surface area contributed by atoms with Crippen LogP contribution in [-0.2, 0) is 23.9 Å². The topological polar surface area (TPSA) is 108 Å². The first-order chi connectivity index (χ1) is 16.3. The van der Waals surface area contributed by atoms with Crippen molar-refractivity contribution in [3.8, 4) is 0 Å². The molecule has 2 heterocycles. The Labute approximate surface area is 202 Å². The molecular formula is C25H41N3O6. The number of carbonyl (C=O) groups is 3. The second-order valence-corrected chi connectivity index (χ2v) is 9.77. The monoisotopic (exact) mass is 479 g/mol. The van der Waals surface area contributed by atoms with Gasteiger partial charge in [0.05, 0.1) is 44.3 Å². The highest BCUT2D eigenvalue weighted by Gasteiger charge is 2.59. The van der Waals surface area contributed by atoms with E-state index >= 15 is 0 Å². The van der Waals surface area contributed by atoms with Gasteiger partial charge in [0.15, 0.2) is 0 Å². The number of esters is 1. The summed E-state index contributed by atoms with van der Waals surface area (Å²) in [6.45, 7) is 11.8. The molecule has 3 rings (SSSR count). The van der Waals surface area contributed by atoms with Gasteiger partial charge in [0, 0.05) is 32.1 Å². The Bertz CT molecular complexity index is 751. The normalized spacial score (nSPS) is 30.4. The van der Waals surface area contributed by atoms with Gasteiger partial charge < -0.3 is 24.8 Å². The van der Waals surface area contributed by atoms with E-state index in [4.69, 9.17) is 9.47 Å². The van der Waals surface area contributed by atoms with Crippen LogP contribution in [0.3, 0.4) is 0 Å². The van der Waals surface area contributed by atoms with Crippen LogP contribution in [0.2, 0.25) is 0 Å². The summed E-state index contributed by atoms with van der Waals surface area (Å²) in [5, 5.41) is 13.2. The third-order valence-corrected chi connectivity index (χ3v) is 7.49. The predicted molar refractivity (Wildman–Crippen MR) is 127 cm³/mol. The van der Waals surface area contributed by atoms with Gasteiger partial charge in [0.25, 0.3) is 0 Å². The summed E-state index contributed by atoms with van der Waals surface area (Å²) >= 11 is 0. The number of allylic oxidation sites excluding steroid dienone is 1. The minimum Gasteiger partial charge on any atom is -0.466 e. The molecule has 0 unspecified atom stereocenters. The number of hydrogen-bond donors (Lipinski definition) is 2. The maximum Gasteiger partial charge on any atom is 0.310 e. The van der Waals surface area contributed by atoms with Crippen molar-refractivity contribution in [2.75, 3.05) is 52.6 Å². The van der Waals surface area contributed by atoms with E-state index in [1.165, 1.54) is 0 Å². The van der Waals surface area contributed by atoms with Crippen molar-refractivity contribution in [3.63, 3.8) is 0 Å². The molecular weight excluding hydrogens is 438 g/mol. The van der Waals surface area contributed by atoms with E-state index in [0.717, 1.165) is 13.1 Å². The molecule has 0 aromatic heterocycles. The van der Waals surface area contributed by atoms with Crippen molar-refractivity contribution in [3.05, 3.63) is 12.2 Å². The average molecular weight is 480 g/mol. The third kappa shape index (κ3) is 5.47. The van der Waals surface area contributed by atoms with Gasteiger partial charge >= 0.3 is 5.97 Å². The molecule has 9 nitrogen and oxygen atoms in total. The van der Waals surface area contributed by atoms with Crippen molar-refractivity contribution in [2.45, 2.75) is 46.2 Å². The Balaban J connectivity index is 1.87. The number of hydrogen-bond acceptors (Lipinski definition) is 7. The smallest absolute Gasteiger partial charge is 0.310 e. The van der Waals surface area contributed by atoms with Crippen LogP contribution < -0.4 is 5.32 Å². The highest BCUT2D eigenvalue weighted by Crippen LogP contribution is 2.46. The zero-order chi connectivity index (χ0) is 24.8. The number of fused-ring (bicyclic) bond motifs is 1. The van der Waals surface area contributed by atoms with Gasteiger partial charge in [-0.15, -0.1) is 0 Å². The summed E-state index contributed by atoms with van der Waals surface area (Å²) in [6.07, 6.45) is 4.60. The minimum atomic E-state index is -0.771. The van der Waals surface area contributed by atoms with Crippen molar-refractivity contribution in [1.82, 2.24) is 15.1 Å². The highest BCUT2D eigenvalue weighted by molar-refractivity contribution is 5.96. The largest absolute Gasteiger partial charge is 0.466 e. The molecule has 0 saturated carbocycles. The lowest BCUT2D eigenvalue weighted by atomic mass is 9.69. The van der Waals surface area contributed by atoms with Crippen molar-refractivity contribution in [2.24, 2.45) is 29.6 Å². The summed E-state index contributed by atoms with van der Waals surface area (Å²) in [5.74, 6) is -2.79. The lowest BCUT2D eigenvalue weighted by Gasteiger charge is -2.35. The lowest BCUT2D eigenvalue weighted by molar-refractivity contribution is -0.156. The zero-order valence-corrected chi connectivity index (χ0v) is 20.9. The van der Waals surface area contributed by atoms with E-state index < -0.39 is 29.8 Å². The van der Waals surface area contributed by atoms with E-state index in [1.807, 2.05) is 32.9 Å². The van der Waals surface area contributed by atoms with Gasteiger partial charge in [-0.25, -0.2) is 0 Å². The number of nitrogens with zero attached hydrogens (tertiary/aromatic N) is 2. The molecule has 0 aromatic rings. The van der Waals surface area contributed by atoms with E-state index in [1.54, 1.807) is 11.8 Å². The van der Waals surface area contributed by atoms with Gasteiger partial charge in [-0.2, -0.15) is 0 Å². The molecule has 9 heteroatoms. The molecule has 3 aliphatic rings. The molecule has 2 saturated heterocycles. The average Bonchev–Trinajstić information content (AvgIpc) is 3.11. The molecule has 2 fully saturated rings. The molecule has 0 aromatic carbocycles. The van der Waals surface area contributed by atoms with E-state index in [2.05, 4.69) is 10.2 Å². The van der Waals surface area contributed by atoms with Crippen LogP contribution in [0.5, 0.6) is 0 Å². The first-order valence-corrected chi connectivity index (χ1v) is 12.7. The van der Waals surface area contributed by atoms with E-state index in [0.29, 0.717) is 32.7 Å². The fourth-order valence-corrected chi connectivity index (χ4v) is 5.64. The number of rotatable bonds is 10. The van der Waals surface area contributed by atoms with Gasteiger partial charge in [-0.05, 0) is 25.2 Å². The molecule has 6 atom stereocenters. The maximum atomic E-state index is 13.8. The molecule has 0 radical (unpaired) electrons. The first-order valence-electron chi connectivity index (χ1n) is 12.7. The van der Waals surface area contributed by atoms with Crippen LogP contribution in [-0.4, -0.2) is 97.4 Å². The Kier molecular flexibility index (Phi) is 9.50. The van der Waals surface area contributed by atoms with Crippen LogP contribution in [0, 0.1) is 29.6 Å². The summed E-state index contributed by atoms with van der Waals surface area (Å²) in [5.41, 5.74) is 0. The summed E-state index contributed by atoms with van der Waals surface area (Å²) < 4.78 is 10.7. The van der Waals surface area contributed by atoms with Gasteiger partial charge in [-0.3, -0.25) is 19.3 Å². The maximum absolute atomic E-state index is 13.8. The first kappa shape index (κ1) is 26.6. The lowest BCUT2D eigenvalue weighted by Crippen LogP contribution is -2.54. The number of morpholine rings is 1. The number of carbonyl (C=O) groups excluding carboxylic acids is 3. The minimum absolute atomic E-state index is 0.0512. The zero-order valence-electron chi connectivity index (χ0n) is 20.9. The van der Waals surface area contributed by atoms with Crippen molar-refractivity contribution < 1.29 is 29.0 Å². The second-order valence-electron chi connectivity index (χ2n) is 9.77. The second kappa shape index (κ2) is 12.1. The number of aliphatic hydroxyl groups excluding tert-OH is 1. The number of nitrogens with one attached hydrogen (secondary N) is 1. The van der Waals surface area contributed by atoms with Crippen molar-refractivity contribution in [1.29, 1.82) is 0 Å². The molecule has 1 aliphatic carbocycles. The van der Waals surface area contributed by atoms with E-state index in [-0.39, 0.29) is 42.8 Å². The number of ether oxygens (including phenoxy) is 2. The predicted octanol–water partition coefficient (Wildman–Crippen LogP) is 0.670. The molecule has 0 bridgehead atoms. The Morgan fingerprint density at radius 2 is 1.94 bits per heavy atom. The number of likely N-dealkylation sites (tertiary alicyclic amines) is 1. The number of aliphatic hydroxyl groups is 1. The standard InChI is InChI=1S/C25H41N3O6/c1-5-17-7-8-18-21(20(17)25(32)34-6-2)24(31)28(19(15-29)16(3)4)22(18)23(30)26-9-10-27-11-13-33-14-12-27/h7-8,16-22,29H,5-6,9-15H2,1-4H3,(H,26,30)/t17-,18+,19+,20-,21-,22+/m1/s1. The van der Waals surface area contributed by atoms with Gasteiger partial charge in [-0.1, -0.05) is 32.9 Å². The molecule has 2 N–H and O–H groups in total. The molecule has 2 aliphatic heterocycles. The molecule has 192 valence electrons. The molecule has 2 amide bonds. The van der Waals surface area contributed by atoms with Crippen molar-refractivity contribution >= 4 is 17.8 Å². The van der Waals surface area contributed by atoms with E-state index in [9.17, 15) is 19.5 Å². The Morgan fingerprint density at radius 3 is 2.53 bits per heavy atom. The third-order valence-electron chi connectivity index (χ3n) is 7.49. The Morgan fingerprint density at radius 1 is 1.24 bits per heavy atom. The molecule has 34 heavy (non-hydrogen) atoms. The fourth-order valence-electron chi connectivity index (χ4n) is 5.64. The van der Waals surface area contributed by atoms with Crippen LogP contribution in [0.15, 0.2) is 12.2 Å². The quantitative estimate of drug-likeness (QED) is 0.350. The number of amides is 2. The van der Waals surface area contributed by atoms with Crippen LogP contribution in [0.25, 0.3) is 0 Å². The Hall–Kier alpha value is -1.97. The summed E-state index contributed by atoms with van der Waals surface area (Å²) in [4.78, 5) is 44.1. The van der Waals surface area contributed by atoms with Gasteiger partial charge in [0.1, 0.15) is 6.04 Å².